The summed E-state index contributed by atoms with van der Waals surface area (Å²) in [5.41, 5.74) is 3.10. The topological polar surface area (TPSA) is 76.1 Å². The predicted octanol–water partition coefficient (Wildman–Crippen LogP) is 5.79. The smallest absolute Gasteiger partial charge is 0.295 e. The second-order valence-corrected chi connectivity index (χ2v) is 9.56. The highest BCUT2D eigenvalue weighted by molar-refractivity contribution is 9.10. The zero-order valence-electron chi connectivity index (χ0n) is 20.2. The van der Waals surface area contributed by atoms with Gasteiger partial charge in [0.15, 0.2) is 0 Å². The average molecular weight is 550 g/mol. The van der Waals surface area contributed by atoms with Crippen LogP contribution in [0, 0.1) is 6.92 Å². The number of carbonyl (C=O) groups is 2. The first-order valence-corrected chi connectivity index (χ1v) is 12.5. The number of halogens is 1. The summed E-state index contributed by atoms with van der Waals surface area (Å²) in [6.45, 7) is 3.05. The van der Waals surface area contributed by atoms with Crippen molar-refractivity contribution in [3.05, 3.63) is 105 Å². The molecule has 1 atom stereocenters. The quantitative estimate of drug-likeness (QED) is 0.158. The van der Waals surface area contributed by atoms with E-state index < -0.39 is 17.7 Å². The molecule has 1 amide bonds. The van der Waals surface area contributed by atoms with E-state index in [0.29, 0.717) is 37.5 Å². The molecule has 0 aromatic heterocycles. The van der Waals surface area contributed by atoms with Crippen LogP contribution in [0.2, 0.25) is 0 Å². The molecule has 0 spiro atoms. The summed E-state index contributed by atoms with van der Waals surface area (Å²) < 4.78 is 11.9. The first kappa shape index (κ1) is 25.7. The van der Waals surface area contributed by atoms with E-state index in [9.17, 15) is 14.7 Å². The molecule has 36 heavy (non-hydrogen) atoms. The number of benzene rings is 3. The first-order valence-electron chi connectivity index (χ1n) is 11.7. The lowest BCUT2D eigenvalue weighted by Crippen LogP contribution is -2.31. The van der Waals surface area contributed by atoms with Crippen LogP contribution in [0.4, 0.5) is 0 Å². The fraction of sp³-hybridized carbons (Fsp3) is 0.241. The monoisotopic (exact) mass is 549 g/mol. The molecular formula is C29H28BrNO5. The van der Waals surface area contributed by atoms with Crippen LogP contribution in [0.5, 0.6) is 5.75 Å². The van der Waals surface area contributed by atoms with Crippen LogP contribution in [-0.2, 0) is 20.9 Å². The zero-order valence-corrected chi connectivity index (χ0v) is 21.8. The van der Waals surface area contributed by atoms with Gasteiger partial charge in [0, 0.05) is 30.3 Å². The highest BCUT2D eigenvalue weighted by atomic mass is 79.9. The summed E-state index contributed by atoms with van der Waals surface area (Å²) in [4.78, 5) is 27.7. The van der Waals surface area contributed by atoms with Crippen molar-refractivity contribution in [1.29, 1.82) is 0 Å². The van der Waals surface area contributed by atoms with Crippen LogP contribution in [0.15, 0.2) is 82.8 Å². The van der Waals surface area contributed by atoms with E-state index in [1.807, 2.05) is 67.6 Å². The van der Waals surface area contributed by atoms with Crippen LogP contribution >= 0.6 is 15.9 Å². The number of carbonyl (C=O) groups excluding carboxylic acids is 2. The highest BCUT2D eigenvalue weighted by Gasteiger charge is 2.45. The van der Waals surface area contributed by atoms with Gasteiger partial charge in [0.05, 0.1) is 11.6 Å². The molecule has 186 valence electrons. The number of methoxy groups -OCH3 is 1. The lowest BCUT2D eigenvalue weighted by Gasteiger charge is -2.25. The Morgan fingerprint density at radius 2 is 1.75 bits per heavy atom. The van der Waals surface area contributed by atoms with E-state index in [4.69, 9.17) is 9.47 Å². The Hall–Kier alpha value is -3.42. The molecule has 6 nitrogen and oxygen atoms in total. The summed E-state index contributed by atoms with van der Waals surface area (Å²) in [5.74, 6) is -0.859. The first-order chi connectivity index (χ1) is 17.4. The molecular weight excluding hydrogens is 522 g/mol. The van der Waals surface area contributed by atoms with Crippen molar-refractivity contribution in [2.75, 3.05) is 20.3 Å². The van der Waals surface area contributed by atoms with E-state index in [2.05, 4.69) is 15.9 Å². The SMILES string of the molecule is COCCCN1C(=O)C(=O)/C(=C(/O)c2ccc(OCc3ccccc3)cc2C)C1c1ccc(Br)cc1. The molecule has 7 heteroatoms. The molecule has 1 unspecified atom stereocenters. The van der Waals surface area contributed by atoms with Gasteiger partial charge in [-0.25, -0.2) is 0 Å². The fourth-order valence-electron chi connectivity index (χ4n) is 4.36. The summed E-state index contributed by atoms with van der Waals surface area (Å²) in [7, 11) is 1.59. The van der Waals surface area contributed by atoms with E-state index in [1.54, 1.807) is 19.2 Å². The van der Waals surface area contributed by atoms with Crippen molar-refractivity contribution in [2.24, 2.45) is 0 Å². The molecule has 1 fully saturated rings. The number of hydrogen-bond acceptors (Lipinski definition) is 5. The van der Waals surface area contributed by atoms with Crippen molar-refractivity contribution in [3.8, 4) is 5.75 Å². The zero-order chi connectivity index (χ0) is 25.7. The fourth-order valence-corrected chi connectivity index (χ4v) is 4.62. The number of ether oxygens (including phenoxy) is 2. The van der Waals surface area contributed by atoms with E-state index in [-0.39, 0.29) is 11.3 Å². The average Bonchev–Trinajstić information content (AvgIpc) is 3.13. The Bertz CT molecular complexity index is 1270. The van der Waals surface area contributed by atoms with Gasteiger partial charge >= 0.3 is 0 Å². The molecule has 1 aliphatic heterocycles. The molecule has 4 rings (SSSR count). The highest BCUT2D eigenvalue weighted by Crippen LogP contribution is 2.40. The van der Waals surface area contributed by atoms with Crippen LogP contribution in [0.1, 0.15) is 34.7 Å². The third-order valence-electron chi connectivity index (χ3n) is 6.17. The van der Waals surface area contributed by atoms with Gasteiger partial charge < -0.3 is 19.5 Å². The van der Waals surface area contributed by atoms with Gasteiger partial charge in [0.1, 0.15) is 18.1 Å². The minimum absolute atomic E-state index is 0.0841. The summed E-state index contributed by atoms with van der Waals surface area (Å²) in [5, 5.41) is 11.4. The van der Waals surface area contributed by atoms with Gasteiger partial charge in [-0.15, -0.1) is 0 Å². The minimum Gasteiger partial charge on any atom is -0.507 e. The molecule has 0 aliphatic carbocycles. The van der Waals surface area contributed by atoms with Crippen LogP contribution in [-0.4, -0.2) is 42.0 Å². The second-order valence-electron chi connectivity index (χ2n) is 8.64. The Labute approximate surface area is 219 Å². The van der Waals surface area contributed by atoms with Gasteiger partial charge in [-0.05, 0) is 60.4 Å². The summed E-state index contributed by atoms with van der Waals surface area (Å²) in [6.07, 6.45) is 0.572. The number of aliphatic hydroxyl groups excluding tert-OH is 1. The second kappa shape index (κ2) is 11.5. The Morgan fingerprint density at radius 3 is 2.42 bits per heavy atom. The molecule has 1 N–H and O–H groups in total. The maximum Gasteiger partial charge on any atom is 0.295 e. The molecule has 1 saturated heterocycles. The maximum absolute atomic E-state index is 13.2. The van der Waals surface area contributed by atoms with Gasteiger partial charge in [-0.2, -0.15) is 0 Å². The van der Waals surface area contributed by atoms with Gasteiger partial charge in [0.25, 0.3) is 11.7 Å². The van der Waals surface area contributed by atoms with Crippen LogP contribution < -0.4 is 4.74 Å². The van der Waals surface area contributed by atoms with E-state index in [0.717, 1.165) is 21.2 Å². The number of aliphatic hydroxyl groups is 1. The largest absolute Gasteiger partial charge is 0.507 e. The molecule has 1 heterocycles. The number of amides is 1. The molecule has 0 bridgehead atoms. The lowest BCUT2D eigenvalue weighted by atomic mass is 9.94. The molecule has 1 aliphatic rings. The standard InChI is InChI=1S/C29H28BrNO5/c1-19-17-23(36-18-20-7-4-3-5-8-20)13-14-24(19)27(32)25-26(21-9-11-22(30)12-10-21)31(15-6-16-35-2)29(34)28(25)33/h3-5,7-14,17,26,32H,6,15-16,18H2,1-2H3/b27-25+. The van der Waals surface area contributed by atoms with Crippen molar-refractivity contribution in [3.63, 3.8) is 0 Å². The van der Waals surface area contributed by atoms with Gasteiger partial charge in [0.2, 0.25) is 0 Å². The summed E-state index contributed by atoms with van der Waals surface area (Å²) in [6, 6.07) is 21.9. The minimum atomic E-state index is -0.693. The molecule has 3 aromatic carbocycles. The third-order valence-corrected chi connectivity index (χ3v) is 6.70. The number of nitrogens with zero attached hydrogens (tertiary/aromatic N) is 1. The number of likely N-dealkylation sites (tertiary alicyclic amines) is 1. The predicted molar refractivity (Wildman–Crippen MR) is 142 cm³/mol. The number of hydrogen-bond donors (Lipinski definition) is 1. The Kier molecular flexibility index (Phi) is 8.23. The third kappa shape index (κ3) is 5.53. The van der Waals surface area contributed by atoms with Crippen LogP contribution in [0.25, 0.3) is 5.76 Å². The van der Waals surface area contributed by atoms with Crippen LogP contribution in [0.3, 0.4) is 0 Å². The lowest BCUT2D eigenvalue weighted by molar-refractivity contribution is -0.140. The number of aryl methyl sites for hydroxylation is 1. The summed E-state index contributed by atoms with van der Waals surface area (Å²) >= 11 is 3.43. The molecule has 0 saturated carbocycles. The number of rotatable bonds is 9. The van der Waals surface area contributed by atoms with Crippen molar-refractivity contribution in [2.45, 2.75) is 26.0 Å². The molecule has 3 aromatic rings. The Morgan fingerprint density at radius 1 is 1.03 bits per heavy atom. The van der Waals surface area contributed by atoms with Crippen molar-refractivity contribution < 1.29 is 24.2 Å². The number of Topliss-reactive ketones (excluding diaryl/α,β-unsaturated/α-hetero) is 1. The van der Waals surface area contributed by atoms with E-state index >= 15 is 0 Å². The normalized spacial score (nSPS) is 17.0. The number of ketones is 1. The van der Waals surface area contributed by atoms with Crippen molar-refractivity contribution in [1.82, 2.24) is 4.90 Å². The van der Waals surface area contributed by atoms with E-state index in [1.165, 1.54) is 4.90 Å². The van der Waals surface area contributed by atoms with Gasteiger partial charge in [-0.3, -0.25) is 9.59 Å². The van der Waals surface area contributed by atoms with Crippen molar-refractivity contribution >= 4 is 33.4 Å². The molecule has 0 radical (unpaired) electrons. The Balaban J connectivity index is 1.68. The maximum atomic E-state index is 13.2. The van der Waals surface area contributed by atoms with Gasteiger partial charge in [-0.1, -0.05) is 58.4 Å².